The lowest BCUT2D eigenvalue weighted by molar-refractivity contribution is -0.142. The second-order valence-corrected chi connectivity index (χ2v) is 11.3. The molecule has 1 saturated heterocycles. The molecule has 7 nitrogen and oxygen atoms in total. The van der Waals surface area contributed by atoms with Gasteiger partial charge in [0.25, 0.3) is 5.91 Å². The van der Waals surface area contributed by atoms with E-state index in [-0.39, 0.29) is 18.4 Å². The Bertz CT molecular complexity index is 1100. The smallest absolute Gasteiger partial charge is 0.261 e. The van der Waals surface area contributed by atoms with Crippen LogP contribution in [0.1, 0.15) is 81.4 Å². The topological polar surface area (TPSA) is 79.9 Å². The summed E-state index contributed by atoms with van der Waals surface area (Å²) in [7, 11) is 0. The van der Waals surface area contributed by atoms with Crippen LogP contribution >= 0.6 is 0 Å². The average Bonchev–Trinajstić information content (AvgIpc) is 3.19. The summed E-state index contributed by atoms with van der Waals surface area (Å²) < 4.78 is 11.8. The van der Waals surface area contributed by atoms with Crippen LogP contribution in [0.25, 0.3) is 0 Å². The third-order valence-corrected chi connectivity index (χ3v) is 8.00. The van der Waals surface area contributed by atoms with Crippen molar-refractivity contribution >= 4 is 11.8 Å². The fraction of sp³-hybridized carbons (Fsp3) is 0.576. The number of ether oxygens (including phenoxy) is 2. The molecule has 2 aromatic rings. The van der Waals surface area contributed by atoms with Gasteiger partial charge < -0.3 is 25.0 Å². The van der Waals surface area contributed by atoms with Crippen LogP contribution in [0.3, 0.4) is 0 Å². The molecule has 4 rings (SSSR count). The number of carbonyl (C=O) groups is 2. The van der Waals surface area contributed by atoms with Gasteiger partial charge in [-0.3, -0.25) is 9.59 Å². The van der Waals surface area contributed by atoms with Crippen LogP contribution in [-0.4, -0.2) is 49.1 Å². The maximum atomic E-state index is 13.6. The molecule has 2 amide bonds. The Morgan fingerprint density at radius 3 is 2.62 bits per heavy atom. The fourth-order valence-electron chi connectivity index (χ4n) is 5.76. The van der Waals surface area contributed by atoms with Gasteiger partial charge in [0.15, 0.2) is 6.61 Å². The number of carbonyl (C=O) groups excluding carboxylic acids is 2. The Hall–Kier alpha value is -3.06. The van der Waals surface area contributed by atoms with E-state index in [2.05, 4.69) is 23.6 Å². The molecular weight excluding hydrogens is 502 g/mol. The SMILES string of the molecule is CCCOc1ccc(CN(C(=O)COc2cccc(CNCC3CCCCC3)c2)[C@H]2CCCCNC2=O)cc1C. The minimum Gasteiger partial charge on any atom is -0.493 e. The molecule has 0 aromatic heterocycles. The zero-order valence-corrected chi connectivity index (χ0v) is 24.4. The Labute approximate surface area is 240 Å². The van der Waals surface area contributed by atoms with E-state index in [0.29, 0.717) is 31.9 Å². The van der Waals surface area contributed by atoms with Gasteiger partial charge in [-0.1, -0.05) is 50.5 Å². The summed E-state index contributed by atoms with van der Waals surface area (Å²) in [6, 6.07) is 13.4. The zero-order valence-electron chi connectivity index (χ0n) is 24.4. The molecule has 1 heterocycles. The molecule has 0 spiro atoms. The molecule has 1 aliphatic heterocycles. The van der Waals surface area contributed by atoms with Gasteiger partial charge in [0, 0.05) is 19.6 Å². The Kier molecular flexibility index (Phi) is 11.7. The molecule has 0 radical (unpaired) electrons. The van der Waals surface area contributed by atoms with Crippen molar-refractivity contribution in [2.45, 2.75) is 90.8 Å². The van der Waals surface area contributed by atoms with E-state index in [9.17, 15) is 9.59 Å². The van der Waals surface area contributed by atoms with Crippen molar-refractivity contribution in [3.63, 3.8) is 0 Å². The first-order valence-electron chi connectivity index (χ1n) is 15.3. The van der Waals surface area contributed by atoms with Crippen LogP contribution in [0.4, 0.5) is 0 Å². The first-order valence-corrected chi connectivity index (χ1v) is 15.3. The van der Waals surface area contributed by atoms with Crippen molar-refractivity contribution in [3.05, 3.63) is 59.2 Å². The van der Waals surface area contributed by atoms with E-state index < -0.39 is 6.04 Å². The van der Waals surface area contributed by atoms with Gasteiger partial charge in [0.1, 0.15) is 17.5 Å². The van der Waals surface area contributed by atoms with E-state index in [4.69, 9.17) is 9.47 Å². The van der Waals surface area contributed by atoms with Gasteiger partial charge in [0.2, 0.25) is 5.91 Å². The summed E-state index contributed by atoms with van der Waals surface area (Å²) in [4.78, 5) is 28.2. The average molecular weight is 550 g/mol. The van der Waals surface area contributed by atoms with Crippen molar-refractivity contribution in [3.8, 4) is 11.5 Å². The van der Waals surface area contributed by atoms with E-state index in [1.54, 1.807) is 4.90 Å². The molecule has 218 valence electrons. The summed E-state index contributed by atoms with van der Waals surface area (Å²) in [6.45, 7) is 7.48. The number of aryl methyl sites for hydroxylation is 1. The summed E-state index contributed by atoms with van der Waals surface area (Å²) in [5, 5.41) is 6.58. The molecule has 40 heavy (non-hydrogen) atoms. The molecule has 1 saturated carbocycles. The summed E-state index contributed by atoms with van der Waals surface area (Å²) >= 11 is 0. The largest absolute Gasteiger partial charge is 0.493 e. The van der Waals surface area contributed by atoms with E-state index in [1.165, 1.54) is 32.1 Å². The molecule has 2 N–H and O–H groups in total. The molecule has 2 fully saturated rings. The predicted molar refractivity (Wildman–Crippen MR) is 158 cm³/mol. The third-order valence-electron chi connectivity index (χ3n) is 8.00. The Morgan fingerprint density at radius 1 is 1.00 bits per heavy atom. The zero-order chi connectivity index (χ0) is 28.2. The lowest BCUT2D eigenvalue weighted by Crippen LogP contribution is -2.49. The summed E-state index contributed by atoms with van der Waals surface area (Å²) in [6.07, 6.45) is 10.1. The van der Waals surface area contributed by atoms with Crippen LogP contribution in [-0.2, 0) is 22.7 Å². The van der Waals surface area contributed by atoms with Gasteiger partial charge in [-0.15, -0.1) is 0 Å². The number of nitrogens with zero attached hydrogens (tertiary/aromatic N) is 1. The maximum absolute atomic E-state index is 13.6. The second-order valence-electron chi connectivity index (χ2n) is 11.3. The van der Waals surface area contributed by atoms with Gasteiger partial charge >= 0.3 is 0 Å². The second kappa shape index (κ2) is 15.7. The predicted octanol–water partition coefficient (Wildman–Crippen LogP) is 5.53. The van der Waals surface area contributed by atoms with Crippen molar-refractivity contribution in [2.75, 3.05) is 26.3 Å². The van der Waals surface area contributed by atoms with Crippen LogP contribution in [0.15, 0.2) is 42.5 Å². The minimum atomic E-state index is -0.509. The standard InChI is InChI=1S/C33H47N3O4/c1-3-18-39-31-16-15-28(19-25(31)2)23-36(30-14-7-8-17-35-33(30)38)32(37)24-40-29-13-9-12-27(20-29)22-34-21-26-10-5-4-6-11-26/h9,12-13,15-16,19-20,26,30,34H,3-8,10-11,14,17-18,21-24H2,1-2H3,(H,35,38)/t30-/m0/s1. The number of hydrogen-bond acceptors (Lipinski definition) is 5. The highest BCUT2D eigenvalue weighted by Crippen LogP contribution is 2.24. The van der Waals surface area contributed by atoms with Crippen molar-refractivity contribution < 1.29 is 19.1 Å². The first-order chi connectivity index (χ1) is 19.5. The Morgan fingerprint density at radius 2 is 1.82 bits per heavy atom. The lowest BCUT2D eigenvalue weighted by atomic mass is 9.89. The van der Waals surface area contributed by atoms with Gasteiger partial charge in [-0.2, -0.15) is 0 Å². The van der Waals surface area contributed by atoms with E-state index >= 15 is 0 Å². The molecule has 0 bridgehead atoms. The Balaban J connectivity index is 1.39. The van der Waals surface area contributed by atoms with E-state index in [1.807, 2.05) is 43.3 Å². The molecule has 1 aliphatic carbocycles. The van der Waals surface area contributed by atoms with Gasteiger partial charge in [-0.05, 0) is 92.8 Å². The molecule has 1 atom stereocenters. The molecule has 2 aliphatic rings. The number of hydrogen-bond donors (Lipinski definition) is 2. The third kappa shape index (κ3) is 8.98. The maximum Gasteiger partial charge on any atom is 0.261 e. The summed E-state index contributed by atoms with van der Waals surface area (Å²) in [5.41, 5.74) is 3.13. The fourth-order valence-corrected chi connectivity index (χ4v) is 5.76. The highest BCUT2D eigenvalue weighted by molar-refractivity contribution is 5.88. The lowest BCUT2D eigenvalue weighted by Gasteiger charge is -2.30. The monoisotopic (exact) mass is 549 g/mol. The van der Waals surface area contributed by atoms with Gasteiger partial charge in [0.05, 0.1) is 6.61 Å². The van der Waals surface area contributed by atoms with Gasteiger partial charge in [-0.25, -0.2) is 0 Å². The summed E-state index contributed by atoms with van der Waals surface area (Å²) in [5.74, 6) is 2.03. The molecule has 2 aromatic carbocycles. The highest BCUT2D eigenvalue weighted by Gasteiger charge is 2.31. The highest BCUT2D eigenvalue weighted by atomic mass is 16.5. The number of nitrogens with one attached hydrogen (secondary N) is 2. The minimum absolute atomic E-state index is 0.0866. The number of benzene rings is 2. The number of amides is 2. The molecular formula is C33H47N3O4. The van der Waals surface area contributed by atoms with Crippen LogP contribution < -0.4 is 20.1 Å². The molecule has 0 unspecified atom stereocenters. The van der Waals surface area contributed by atoms with Crippen molar-refractivity contribution in [2.24, 2.45) is 5.92 Å². The van der Waals surface area contributed by atoms with Crippen LogP contribution in [0.5, 0.6) is 11.5 Å². The van der Waals surface area contributed by atoms with Crippen LogP contribution in [0, 0.1) is 12.8 Å². The number of rotatable bonds is 13. The first kappa shape index (κ1) is 29.9. The molecule has 7 heteroatoms. The van der Waals surface area contributed by atoms with E-state index in [0.717, 1.165) is 60.7 Å². The quantitative estimate of drug-likeness (QED) is 0.344. The van der Waals surface area contributed by atoms with Crippen molar-refractivity contribution in [1.29, 1.82) is 0 Å². The van der Waals surface area contributed by atoms with Crippen LogP contribution in [0.2, 0.25) is 0 Å². The van der Waals surface area contributed by atoms with Crippen molar-refractivity contribution in [1.82, 2.24) is 15.5 Å². The normalized spacial score (nSPS) is 18.1.